The van der Waals surface area contributed by atoms with Crippen LogP contribution in [0.25, 0.3) is 0 Å². The number of hydrogen-bond donors (Lipinski definition) is 0. The Bertz CT molecular complexity index is 605. The maximum absolute atomic E-state index is 12.5. The molecule has 1 fully saturated rings. The summed E-state index contributed by atoms with van der Waals surface area (Å²) in [7, 11) is 0. The van der Waals surface area contributed by atoms with Crippen molar-refractivity contribution in [1.82, 2.24) is 4.90 Å². The quantitative estimate of drug-likeness (QED) is 0.696. The van der Waals surface area contributed by atoms with Crippen LogP contribution in [0, 0.1) is 5.92 Å². The first-order chi connectivity index (χ1) is 10.7. The average Bonchev–Trinajstić information content (AvgIpc) is 3.27. The van der Waals surface area contributed by atoms with Gasteiger partial charge < -0.3 is 4.90 Å². The van der Waals surface area contributed by atoms with Crippen LogP contribution >= 0.6 is 11.8 Å². The van der Waals surface area contributed by atoms with Crippen molar-refractivity contribution in [2.24, 2.45) is 5.92 Å². The Morgan fingerprint density at radius 2 is 2.14 bits per heavy atom. The van der Waals surface area contributed by atoms with Crippen molar-refractivity contribution in [1.29, 1.82) is 0 Å². The van der Waals surface area contributed by atoms with Crippen molar-refractivity contribution in [2.45, 2.75) is 39.0 Å². The molecule has 2 atom stereocenters. The molecule has 116 valence electrons. The number of unbranched alkanes of at least 4 members (excludes halogenated alkanes) is 1. The summed E-state index contributed by atoms with van der Waals surface area (Å²) < 4.78 is 0. The predicted octanol–water partition coefficient (Wildman–Crippen LogP) is 4.91. The van der Waals surface area contributed by atoms with Crippen molar-refractivity contribution in [2.75, 3.05) is 6.54 Å². The molecule has 1 aliphatic heterocycles. The van der Waals surface area contributed by atoms with Gasteiger partial charge in [-0.05, 0) is 36.7 Å². The van der Waals surface area contributed by atoms with Crippen molar-refractivity contribution < 1.29 is 4.79 Å². The Morgan fingerprint density at radius 3 is 2.86 bits per heavy atom. The summed E-state index contributed by atoms with van der Waals surface area (Å²) in [4.78, 5) is 14.8. The molecule has 1 aromatic rings. The van der Waals surface area contributed by atoms with E-state index in [4.69, 9.17) is 0 Å². The molecule has 2 unspecified atom stereocenters. The first-order valence-electron chi connectivity index (χ1n) is 8.12. The number of carbonyl (C=O) groups is 1. The van der Waals surface area contributed by atoms with Crippen LogP contribution in [-0.4, -0.2) is 17.2 Å². The first kappa shape index (κ1) is 15.4. The lowest BCUT2D eigenvalue weighted by molar-refractivity contribution is -0.115. The van der Waals surface area contributed by atoms with Crippen LogP contribution in [-0.2, 0) is 4.79 Å². The Hall–Kier alpha value is -1.48. The van der Waals surface area contributed by atoms with Crippen molar-refractivity contribution in [3.8, 4) is 0 Å². The summed E-state index contributed by atoms with van der Waals surface area (Å²) in [6.07, 6.45) is 5.21. The molecule has 3 rings (SSSR count). The number of hydrogen-bond acceptors (Lipinski definition) is 3. The highest BCUT2D eigenvalue weighted by atomic mass is 32.2. The zero-order valence-corrected chi connectivity index (χ0v) is 14.1. The van der Waals surface area contributed by atoms with Gasteiger partial charge in [0.15, 0.2) is 5.78 Å². The van der Waals surface area contributed by atoms with Gasteiger partial charge in [-0.15, -0.1) is 0 Å². The predicted molar refractivity (Wildman–Crippen MR) is 93.3 cm³/mol. The minimum atomic E-state index is 0.185. The Morgan fingerprint density at radius 1 is 1.36 bits per heavy atom. The lowest BCUT2D eigenvalue weighted by Gasteiger charge is -2.21. The first-order valence-corrected chi connectivity index (χ1v) is 9.00. The second-order valence-electron chi connectivity index (χ2n) is 6.13. The normalized spacial score (nSPS) is 25.5. The van der Waals surface area contributed by atoms with E-state index in [1.165, 1.54) is 17.7 Å². The van der Waals surface area contributed by atoms with E-state index in [-0.39, 0.29) is 5.92 Å². The van der Waals surface area contributed by atoms with Crippen LogP contribution in [0.5, 0.6) is 0 Å². The molecular weight excluding hydrogens is 290 g/mol. The fourth-order valence-corrected chi connectivity index (χ4v) is 3.93. The van der Waals surface area contributed by atoms with Crippen molar-refractivity contribution >= 4 is 17.5 Å². The van der Waals surface area contributed by atoms with Gasteiger partial charge in [-0.1, -0.05) is 55.4 Å². The minimum absolute atomic E-state index is 0.185. The van der Waals surface area contributed by atoms with Gasteiger partial charge in [-0.25, -0.2) is 0 Å². The highest BCUT2D eigenvalue weighted by molar-refractivity contribution is 8.06. The van der Waals surface area contributed by atoms with Gasteiger partial charge >= 0.3 is 0 Å². The summed E-state index contributed by atoms with van der Waals surface area (Å²) in [6.45, 7) is 5.33. The summed E-state index contributed by atoms with van der Waals surface area (Å²) in [5, 5.41) is 3.26. The molecule has 3 heteroatoms. The molecule has 1 saturated carbocycles. The van der Waals surface area contributed by atoms with E-state index in [9.17, 15) is 4.79 Å². The van der Waals surface area contributed by atoms with E-state index >= 15 is 0 Å². The van der Waals surface area contributed by atoms with Gasteiger partial charge in [0.05, 0.1) is 5.03 Å². The fraction of sp³-hybridized carbons (Fsp3) is 0.421. The van der Waals surface area contributed by atoms with Crippen molar-refractivity contribution in [3.05, 3.63) is 58.1 Å². The van der Waals surface area contributed by atoms with Crippen LogP contribution in [0.2, 0.25) is 0 Å². The molecule has 1 heterocycles. The van der Waals surface area contributed by atoms with Crippen LogP contribution in [0.3, 0.4) is 0 Å². The lowest BCUT2D eigenvalue weighted by Crippen LogP contribution is -2.18. The number of ketones is 1. The molecule has 0 amide bonds. The number of benzene rings is 1. The third-order valence-electron chi connectivity index (χ3n) is 4.43. The topological polar surface area (TPSA) is 20.3 Å². The van der Waals surface area contributed by atoms with Gasteiger partial charge in [-0.2, -0.15) is 0 Å². The largest absolute Gasteiger partial charge is 0.339 e. The minimum Gasteiger partial charge on any atom is -0.339 e. The fourth-order valence-electron chi connectivity index (χ4n) is 2.97. The molecule has 0 bridgehead atoms. The third kappa shape index (κ3) is 3.30. The zero-order chi connectivity index (χ0) is 15.5. The summed E-state index contributed by atoms with van der Waals surface area (Å²) in [5.74, 6) is 0.903. The smallest absolute Gasteiger partial charge is 0.162 e. The van der Waals surface area contributed by atoms with Gasteiger partial charge in [0, 0.05) is 24.2 Å². The van der Waals surface area contributed by atoms with Gasteiger partial charge in [0.2, 0.25) is 0 Å². The second kappa shape index (κ2) is 6.74. The molecule has 0 N–H and O–H groups in total. The maximum atomic E-state index is 12.5. The maximum Gasteiger partial charge on any atom is 0.162 e. The lowest BCUT2D eigenvalue weighted by atomic mass is 10.1. The number of thioether (sulfide) groups is 1. The Labute approximate surface area is 137 Å². The average molecular weight is 313 g/mol. The molecule has 2 aliphatic rings. The third-order valence-corrected chi connectivity index (χ3v) is 5.47. The van der Waals surface area contributed by atoms with Crippen LogP contribution in [0.15, 0.2) is 52.5 Å². The molecule has 1 aromatic carbocycles. The number of allylic oxidation sites excluding steroid dienone is 2. The number of nitrogens with zero attached hydrogens (tertiary/aromatic N) is 1. The van der Waals surface area contributed by atoms with E-state index in [2.05, 4.69) is 48.4 Å². The highest BCUT2D eigenvalue weighted by Crippen LogP contribution is 2.48. The molecule has 0 saturated heterocycles. The number of rotatable bonds is 6. The Balaban J connectivity index is 1.64. The summed E-state index contributed by atoms with van der Waals surface area (Å²) in [5.41, 5.74) is 2.56. The standard InChI is InChI=1S/C19H23NOS/c1-3-4-10-20-14(2)13-22-19(20)12-18(21)17-11-16(17)15-8-6-5-7-9-15/h5-9,12-13,16-17H,3-4,10-11H2,1-2H3. The Kier molecular flexibility index (Phi) is 4.72. The van der Waals surface area contributed by atoms with E-state index in [0.29, 0.717) is 11.7 Å². The second-order valence-corrected chi connectivity index (χ2v) is 7.02. The van der Waals surface area contributed by atoms with E-state index in [1.54, 1.807) is 11.8 Å². The van der Waals surface area contributed by atoms with Crippen LogP contribution < -0.4 is 0 Å². The molecule has 2 nitrogen and oxygen atoms in total. The van der Waals surface area contributed by atoms with Crippen LogP contribution in [0.1, 0.15) is 44.6 Å². The van der Waals surface area contributed by atoms with Gasteiger partial charge in [0.25, 0.3) is 0 Å². The summed E-state index contributed by atoms with van der Waals surface area (Å²) in [6, 6.07) is 10.4. The zero-order valence-electron chi connectivity index (χ0n) is 13.3. The highest BCUT2D eigenvalue weighted by Gasteiger charge is 2.43. The molecule has 22 heavy (non-hydrogen) atoms. The molecule has 1 aliphatic carbocycles. The van der Waals surface area contributed by atoms with E-state index in [1.807, 2.05) is 12.1 Å². The SMILES string of the molecule is CCCCN1C(C)=CSC1=CC(=O)C1CC1c1ccccc1. The van der Waals surface area contributed by atoms with Gasteiger partial charge in [-0.3, -0.25) is 4.79 Å². The van der Waals surface area contributed by atoms with Crippen LogP contribution in [0.4, 0.5) is 0 Å². The summed E-state index contributed by atoms with van der Waals surface area (Å²) >= 11 is 1.68. The van der Waals surface area contributed by atoms with E-state index in [0.717, 1.165) is 24.4 Å². The monoisotopic (exact) mass is 313 g/mol. The molecule has 0 radical (unpaired) electrons. The molecule has 0 spiro atoms. The molecule has 0 aromatic heterocycles. The van der Waals surface area contributed by atoms with Crippen molar-refractivity contribution in [3.63, 3.8) is 0 Å². The van der Waals surface area contributed by atoms with E-state index < -0.39 is 0 Å². The van der Waals surface area contributed by atoms with Gasteiger partial charge in [0.1, 0.15) is 0 Å². The number of carbonyl (C=O) groups excluding carboxylic acids is 1. The molecular formula is C19H23NOS.